The van der Waals surface area contributed by atoms with Crippen molar-refractivity contribution in [3.8, 4) is 11.3 Å². The van der Waals surface area contributed by atoms with Gasteiger partial charge in [0, 0.05) is 29.1 Å². The zero-order valence-electron chi connectivity index (χ0n) is 14.2. The van der Waals surface area contributed by atoms with Crippen LogP contribution in [0.5, 0.6) is 0 Å². The number of benzene rings is 1. The fraction of sp³-hybridized carbons (Fsp3) is 0.550. The van der Waals surface area contributed by atoms with E-state index in [-0.39, 0.29) is 0 Å². The van der Waals surface area contributed by atoms with E-state index < -0.39 is 0 Å². The summed E-state index contributed by atoms with van der Waals surface area (Å²) in [6, 6.07) is 9.11. The van der Waals surface area contributed by atoms with Crippen molar-refractivity contribution in [1.82, 2.24) is 10.5 Å². The molecule has 1 aromatic carbocycles. The maximum atomic E-state index is 6.40. The van der Waals surface area contributed by atoms with E-state index in [1.165, 1.54) is 25.7 Å². The summed E-state index contributed by atoms with van der Waals surface area (Å²) >= 11 is 6.40. The average molecular weight is 359 g/mol. The van der Waals surface area contributed by atoms with Gasteiger partial charge in [-0.2, -0.15) is 0 Å². The van der Waals surface area contributed by atoms with E-state index in [9.17, 15) is 0 Å². The quantitative estimate of drug-likeness (QED) is 0.843. The maximum Gasteiger partial charge on any atom is 0.145 e. The van der Waals surface area contributed by atoms with Gasteiger partial charge in [-0.05, 0) is 44.6 Å². The third kappa shape index (κ3) is 3.12. The second-order valence-electron chi connectivity index (χ2n) is 7.67. The van der Waals surface area contributed by atoms with E-state index in [0.29, 0.717) is 35.7 Å². The molecular weight excluding hydrogens is 336 g/mol. The van der Waals surface area contributed by atoms with Gasteiger partial charge in [0.25, 0.3) is 0 Å². The summed E-state index contributed by atoms with van der Waals surface area (Å²) in [5, 5.41) is 8.74. The Morgan fingerprint density at radius 2 is 1.88 bits per heavy atom. The summed E-state index contributed by atoms with van der Waals surface area (Å²) < 4.78 is 12.1. The first-order valence-electron chi connectivity index (χ1n) is 9.39. The molecule has 2 aromatic rings. The minimum absolute atomic E-state index is 0.333. The van der Waals surface area contributed by atoms with Crippen molar-refractivity contribution >= 4 is 11.6 Å². The van der Waals surface area contributed by atoms with Crippen molar-refractivity contribution < 1.29 is 9.26 Å². The Bertz CT molecular complexity index is 759. The van der Waals surface area contributed by atoms with Crippen LogP contribution >= 0.6 is 11.6 Å². The number of hydrogen-bond acceptors (Lipinski definition) is 4. The monoisotopic (exact) mass is 358 g/mol. The van der Waals surface area contributed by atoms with Crippen LogP contribution in [0, 0.1) is 0 Å². The summed E-state index contributed by atoms with van der Waals surface area (Å²) in [5.74, 6) is 1.51. The van der Waals surface area contributed by atoms with Crippen LogP contribution in [-0.2, 0) is 11.3 Å². The van der Waals surface area contributed by atoms with Crippen LogP contribution in [0.15, 0.2) is 28.8 Å². The second kappa shape index (κ2) is 6.42. The number of piperidine rings is 1. The number of rotatable bonds is 5. The third-order valence-electron chi connectivity index (χ3n) is 5.79. The van der Waals surface area contributed by atoms with Gasteiger partial charge in [-0.3, -0.25) is 0 Å². The lowest BCUT2D eigenvalue weighted by atomic mass is 10.0. The van der Waals surface area contributed by atoms with Crippen LogP contribution in [-0.4, -0.2) is 23.3 Å². The highest BCUT2D eigenvalue weighted by molar-refractivity contribution is 6.33. The van der Waals surface area contributed by atoms with Gasteiger partial charge in [-0.1, -0.05) is 35.0 Å². The fourth-order valence-electron chi connectivity index (χ4n) is 4.33. The molecule has 132 valence electrons. The standard InChI is InChI=1S/C20H23ClN2O2/c21-18-4-2-1-3-16(18)19-17(20(25-23-19)12-5-6-12)11-24-15-9-13-7-8-14(10-15)22-13/h1-4,12-15,22H,5-11H2/t13-,14?,15?/m0/s1. The van der Waals surface area contributed by atoms with Crippen molar-refractivity contribution in [1.29, 1.82) is 0 Å². The summed E-state index contributed by atoms with van der Waals surface area (Å²) in [6.45, 7) is 0.569. The topological polar surface area (TPSA) is 47.3 Å². The molecule has 2 saturated heterocycles. The number of fused-ring (bicyclic) bond motifs is 2. The maximum absolute atomic E-state index is 6.40. The van der Waals surface area contributed by atoms with E-state index in [4.69, 9.17) is 20.9 Å². The molecule has 2 aliphatic heterocycles. The SMILES string of the molecule is Clc1ccccc1-c1noc(C2CC2)c1COC1CC2CC[C@@H](C1)N2. The van der Waals surface area contributed by atoms with Gasteiger partial charge in [0.2, 0.25) is 0 Å². The van der Waals surface area contributed by atoms with Gasteiger partial charge < -0.3 is 14.6 Å². The van der Waals surface area contributed by atoms with Gasteiger partial charge in [-0.25, -0.2) is 0 Å². The number of halogens is 1. The number of ether oxygens (including phenoxy) is 1. The average Bonchev–Trinajstić information content (AvgIpc) is 3.30. The molecule has 25 heavy (non-hydrogen) atoms. The van der Waals surface area contributed by atoms with Crippen LogP contribution in [0.3, 0.4) is 0 Å². The minimum Gasteiger partial charge on any atom is -0.373 e. The second-order valence-corrected chi connectivity index (χ2v) is 8.08. The molecule has 5 heteroatoms. The smallest absolute Gasteiger partial charge is 0.145 e. The first kappa shape index (κ1) is 15.9. The van der Waals surface area contributed by atoms with Crippen molar-refractivity contribution in [2.45, 2.75) is 69.2 Å². The lowest BCUT2D eigenvalue weighted by Crippen LogP contribution is -2.41. The van der Waals surface area contributed by atoms with Crippen LogP contribution in [0.1, 0.15) is 55.8 Å². The van der Waals surface area contributed by atoms with Gasteiger partial charge in [0.1, 0.15) is 11.5 Å². The van der Waals surface area contributed by atoms with Crippen molar-refractivity contribution in [3.63, 3.8) is 0 Å². The molecule has 3 fully saturated rings. The molecule has 5 rings (SSSR count). The number of hydrogen-bond donors (Lipinski definition) is 1. The minimum atomic E-state index is 0.333. The van der Waals surface area contributed by atoms with Crippen molar-refractivity contribution in [2.24, 2.45) is 0 Å². The van der Waals surface area contributed by atoms with Gasteiger partial charge in [0.05, 0.1) is 17.7 Å². The van der Waals surface area contributed by atoms with Crippen LogP contribution in [0.25, 0.3) is 11.3 Å². The molecule has 3 heterocycles. The Kier molecular flexibility index (Phi) is 4.07. The number of nitrogens with zero attached hydrogens (tertiary/aromatic N) is 1. The van der Waals surface area contributed by atoms with Gasteiger partial charge >= 0.3 is 0 Å². The molecule has 1 N–H and O–H groups in total. The summed E-state index contributed by atoms with van der Waals surface area (Å²) in [4.78, 5) is 0. The molecule has 3 aliphatic rings. The van der Waals surface area contributed by atoms with E-state index >= 15 is 0 Å². The predicted octanol–water partition coefficient (Wildman–Crippen LogP) is 4.67. The summed E-state index contributed by atoms with van der Waals surface area (Å²) in [7, 11) is 0. The lowest BCUT2D eigenvalue weighted by Gasteiger charge is -2.29. The van der Waals surface area contributed by atoms with E-state index in [1.54, 1.807) is 0 Å². The Morgan fingerprint density at radius 1 is 1.12 bits per heavy atom. The molecule has 0 radical (unpaired) electrons. The van der Waals surface area contributed by atoms with E-state index in [1.807, 2.05) is 24.3 Å². The molecule has 1 aliphatic carbocycles. The third-order valence-corrected chi connectivity index (χ3v) is 6.12. The zero-order valence-corrected chi connectivity index (χ0v) is 15.0. The van der Waals surface area contributed by atoms with Gasteiger partial charge in [0.15, 0.2) is 0 Å². The van der Waals surface area contributed by atoms with Crippen LogP contribution in [0.4, 0.5) is 0 Å². The molecule has 3 atom stereocenters. The van der Waals surface area contributed by atoms with Crippen LogP contribution < -0.4 is 5.32 Å². The number of aromatic nitrogens is 1. The molecule has 1 saturated carbocycles. The largest absolute Gasteiger partial charge is 0.373 e. The fourth-order valence-corrected chi connectivity index (χ4v) is 4.56. The Labute approximate surface area is 152 Å². The Morgan fingerprint density at radius 3 is 2.60 bits per heavy atom. The van der Waals surface area contributed by atoms with E-state index in [0.717, 1.165) is 35.4 Å². The molecule has 0 spiro atoms. The molecule has 0 amide bonds. The first-order chi connectivity index (χ1) is 12.3. The van der Waals surface area contributed by atoms with E-state index in [2.05, 4.69) is 10.5 Å². The molecular formula is C20H23ClN2O2. The highest BCUT2D eigenvalue weighted by Crippen LogP contribution is 2.45. The molecule has 1 aromatic heterocycles. The summed E-state index contributed by atoms with van der Waals surface area (Å²) in [5.41, 5.74) is 2.88. The normalized spacial score (nSPS) is 28.4. The van der Waals surface area contributed by atoms with Crippen LogP contribution in [0.2, 0.25) is 5.02 Å². The lowest BCUT2D eigenvalue weighted by molar-refractivity contribution is 0.00876. The molecule has 2 bridgehead atoms. The molecule has 2 unspecified atom stereocenters. The van der Waals surface area contributed by atoms with Crippen molar-refractivity contribution in [2.75, 3.05) is 0 Å². The summed E-state index contributed by atoms with van der Waals surface area (Å²) in [6.07, 6.45) is 7.50. The highest BCUT2D eigenvalue weighted by Gasteiger charge is 2.36. The predicted molar refractivity (Wildman–Crippen MR) is 96.7 cm³/mol. The van der Waals surface area contributed by atoms with Gasteiger partial charge in [-0.15, -0.1) is 0 Å². The highest BCUT2D eigenvalue weighted by atomic mass is 35.5. The molecule has 4 nitrogen and oxygen atoms in total. The first-order valence-corrected chi connectivity index (χ1v) is 9.76. The zero-order chi connectivity index (χ0) is 16.8. The Balaban J connectivity index is 1.39. The number of nitrogens with one attached hydrogen (secondary N) is 1. The van der Waals surface area contributed by atoms with Crippen molar-refractivity contribution in [3.05, 3.63) is 40.6 Å². The Hall–Kier alpha value is -1.36.